The molecule has 0 fully saturated rings. The van der Waals surface area contributed by atoms with Gasteiger partial charge in [-0.25, -0.2) is 0 Å². The molecule has 0 amide bonds. The predicted octanol–water partition coefficient (Wildman–Crippen LogP) is 3.27. The molecule has 6 nitrogen and oxygen atoms in total. The van der Waals surface area contributed by atoms with Gasteiger partial charge in [0.25, 0.3) is 0 Å². The van der Waals surface area contributed by atoms with E-state index in [1.165, 1.54) is 0 Å². The maximum atomic E-state index is 5.74. The maximum absolute atomic E-state index is 5.74. The van der Waals surface area contributed by atoms with Crippen molar-refractivity contribution in [3.63, 3.8) is 0 Å². The van der Waals surface area contributed by atoms with E-state index in [2.05, 4.69) is 12.2 Å². The molecule has 0 aromatic heterocycles. The molecular weight excluding hydrogens is 322 g/mol. The smallest absolute Gasteiger partial charge is 0.231 e. The summed E-state index contributed by atoms with van der Waals surface area (Å²) in [5, 5.41) is 3.54. The summed E-state index contributed by atoms with van der Waals surface area (Å²) < 4.78 is 28.0. The minimum Gasteiger partial charge on any atom is -0.493 e. The second-order valence-corrected chi connectivity index (χ2v) is 6.07. The lowest BCUT2D eigenvalue weighted by Crippen LogP contribution is -2.16. The van der Waals surface area contributed by atoms with Crippen molar-refractivity contribution in [1.29, 1.82) is 0 Å². The fraction of sp³-hybridized carbons (Fsp3) is 0.368. The fourth-order valence-electron chi connectivity index (χ4n) is 3.55. The van der Waals surface area contributed by atoms with Crippen molar-refractivity contribution in [2.24, 2.45) is 0 Å². The average Bonchev–Trinajstić information content (AvgIpc) is 3.05. The Morgan fingerprint density at radius 1 is 0.960 bits per heavy atom. The van der Waals surface area contributed by atoms with Crippen LogP contribution in [0.25, 0.3) is 11.1 Å². The lowest BCUT2D eigenvalue weighted by atomic mass is 9.92. The number of hydrogen-bond acceptors (Lipinski definition) is 6. The monoisotopic (exact) mass is 343 g/mol. The predicted molar refractivity (Wildman–Crippen MR) is 92.9 cm³/mol. The second-order valence-electron chi connectivity index (χ2n) is 6.07. The van der Waals surface area contributed by atoms with Gasteiger partial charge < -0.3 is 29.0 Å². The number of nitrogens with one attached hydrogen (secondary N) is 1. The van der Waals surface area contributed by atoms with Crippen LogP contribution in [0.5, 0.6) is 28.7 Å². The molecule has 1 atom stereocenters. The van der Waals surface area contributed by atoms with Gasteiger partial charge in [0, 0.05) is 18.2 Å². The van der Waals surface area contributed by atoms with Crippen molar-refractivity contribution in [2.75, 3.05) is 28.1 Å². The number of hydrogen-bond donors (Lipinski definition) is 1. The van der Waals surface area contributed by atoms with Crippen LogP contribution in [-0.2, 0) is 6.54 Å². The standard InChI is InChI=1S/C19H21NO5/c1-10-12-6-14-15(25-9-24-14)7-13(12)17-11(8-20-10)5-16(21-2)18(22-3)19(17)23-4/h5-7,10,20H,8-9H2,1-4H3/t10-/m0/s1. The molecule has 0 saturated heterocycles. The Hall–Kier alpha value is -2.60. The van der Waals surface area contributed by atoms with Crippen LogP contribution in [0, 0.1) is 0 Å². The van der Waals surface area contributed by atoms with E-state index in [1.54, 1.807) is 21.3 Å². The zero-order valence-electron chi connectivity index (χ0n) is 14.8. The summed E-state index contributed by atoms with van der Waals surface area (Å²) in [6, 6.07) is 6.21. The van der Waals surface area contributed by atoms with Crippen molar-refractivity contribution in [3.05, 3.63) is 29.3 Å². The van der Waals surface area contributed by atoms with Gasteiger partial charge in [-0.2, -0.15) is 0 Å². The van der Waals surface area contributed by atoms with Crippen LogP contribution in [0.4, 0.5) is 0 Å². The number of benzene rings is 2. The molecule has 1 N–H and O–H groups in total. The molecular formula is C19H21NO5. The molecule has 0 radical (unpaired) electrons. The third kappa shape index (κ3) is 2.36. The molecule has 0 spiro atoms. The molecule has 2 aromatic rings. The maximum Gasteiger partial charge on any atom is 0.231 e. The first-order chi connectivity index (χ1) is 12.2. The lowest BCUT2D eigenvalue weighted by Gasteiger charge is -2.20. The summed E-state index contributed by atoms with van der Waals surface area (Å²) in [5.41, 5.74) is 4.26. The summed E-state index contributed by atoms with van der Waals surface area (Å²) in [7, 11) is 4.89. The lowest BCUT2D eigenvalue weighted by molar-refractivity contribution is 0.174. The highest BCUT2D eigenvalue weighted by Crippen LogP contribution is 2.51. The topological polar surface area (TPSA) is 58.2 Å². The summed E-state index contributed by atoms with van der Waals surface area (Å²) in [6.07, 6.45) is 0. The third-order valence-corrected chi connectivity index (χ3v) is 4.79. The van der Waals surface area contributed by atoms with Crippen LogP contribution in [0.15, 0.2) is 18.2 Å². The van der Waals surface area contributed by atoms with Crippen molar-refractivity contribution in [3.8, 4) is 39.9 Å². The van der Waals surface area contributed by atoms with Gasteiger partial charge in [0.2, 0.25) is 12.5 Å². The van der Waals surface area contributed by atoms with Gasteiger partial charge in [-0.1, -0.05) is 0 Å². The van der Waals surface area contributed by atoms with Crippen LogP contribution >= 0.6 is 0 Å². The Labute approximate surface area is 146 Å². The van der Waals surface area contributed by atoms with Gasteiger partial charge in [-0.15, -0.1) is 0 Å². The van der Waals surface area contributed by atoms with Crippen LogP contribution in [0.3, 0.4) is 0 Å². The van der Waals surface area contributed by atoms with Gasteiger partial charge in [-0.3, -0.25) is 0 Å². The van der Waals surface area contributed by atoms with Crippen molar-refractivity contribution < 1.29 is 23.7 Å². The first-order valence-corrected chi connectivity index (χ1v) is 8.17. The van der Waals surface area contributed by atoms with Gasteiger partial charge in [0.05, 0.1) is 21.3 Å². The Bertz CT molecular complexity index is 833. The Kier molecular flexibility index (Phi) is 3.84. The van der Waals surface area contributed by atoms with E-state index in [4.69, 9.17) is 23.7 Å². The molecule has 0 saturated carbocycles. The van der Waals surface area contributed by atoms with Crippen molar-refractivity contribution >= 4 is 0 Å². The van der Waals surface area contributed by atoms with Gasteiger partial charge in [-0.05, 0) is 41.8 Å². The highest BCUT2D eigenvalue weighted by atomic mass is 16.7. The average molecular weight is 343 g/mol. The third-order valence-electron chi connectivity index (χ3n) is 4.79. The molecule has 2 heterocycles. The van der Waals surface area contributed by atoms with Crippen molar-refractivity contribution in [1.82, 2.24) is 5.32 Å². The SMILES string of the molecule is COc1cc2c(c(OC)c1OC)-c1cc3c(cc1[C@H](C)NC2)OCO3. The van der Waals surface area contributed by atoms with E-state index in [9.17, 15) is 0 Å². The molecule has 0 unspecified atom stereocenters. The van der Waals surface area contributed by atoms with Crippen LogP contribution in [0.2, 0.25) is 0 Å². The number of fused-ring (bicyclic) bond motifs is 4. The summed E-state index contributed by atoms with van der Waals surface area (Å²) in [6.45, 7) is 3.07. The minimum atomic E-state index is 0.151. The van der Waals surface area contributed by atoms with E-state index in [1.807, 2.05) is 18.2 Å². The number of rotatable bonds is 3. The number of ether oxygens (including phenoxy) is 5. The molecule has 2 aliphatic rings. The largest absolute Gasteiger partial charge is 0.493 e. The normalized spacial score (nSPS) is 17.4. The molecule has 132 valence electrons. The second kappa shape index (κ2) is 6.04. The Morgan fingerprint density at radius 2 is 1.68 bits per heavy atom. The molecule has 4 rings (SSSR count). The molecule has 6 heteroatoms. The van der Waals surface area contributed by atoms with E-state index in [0.29, 0.717) is 23.8 Å². The Balaban J connectivity index is 2.04. The van der Waals surface area contributed by atoms with Crippen molar-refractivity contribution in [2.45, 2.75) is 19.5 Å². The summed E-state index contributed by atoms with van der Waals surface area (Å²) >= 11 is 0. The van der Waals surface area contributed by atoms with Crippen LogP contribution in [-0.4, -0.2) is 28.1 Å². The fourth-order valence-corrected chi connectivity index (χ4v) is 3.55. The van der Waals surface area contributed by atoms with Gasteiger partial charge in [0.15, 0.2) is 23.0 Å². The van der Waals surface area contributed by atoms with E-state index in [0.717, 1.165) is 33.8 Å². The molecule has 0 aliphatic carbocycles. The summed E-state index contributed by atoms with van der Waals surface area (Å²) in [4.78, 5) is 0. The summed E-state index contributed by atoms with van der Waals surface area (Å²) in [5.74, 6) is 3.41. The van der Waals surface area contributed by atoms with E-state index >= 15 is 0 Å². The van der Waals surface area contributed by atoms with Crippen LogP contribution in [0.1, 0.15) is 24.1 Å². The zero-order valence-corrected chi connectivity index (χ0v) is 14.8. The first kappa shape index (κ1) is 15.9. The molecule has 2 aliphatic heterocycles. The van der Waals surface area contributed by atoms with Crippen LogP contribution < -0.4 is 29.0 Å². The molecule has 2 aromatic carbocycles. The number of methoxy groups -OCH3 is 3. The van der Waals surface area contributed by atoms with Gasteiger partial charge >= 0.3 is 0 Å². The highest BCUT2D eigenvalue weighted by molar-refractivity contribution is 5.84. The molecule has 0 bridgehead atoms. The quantitative estimate of drug-likeness (QED) is 0.923. The highest BCUT2D eigenvalue weighted by Gasteiger charge is 2.29. The molecule has 25 heavy (non-hydrogen) atoms. The zero-order chi connectivity index (χ0) is 17.6. The van der Waals surface area contributed by atoms with E-state index < -0.39 is 0 Å². The first-order valence-electron chi connectivity index (χ1n) is 8.17. The minimum absolute atomic E-state index is 0.151. The Morgan fingerprint density at radius 3 is 2.36 bits per heavy atom. The van der Waals surface area contributed by atoms with E-state index in [-0.39, 0.29) is 12.8 Å². The van der Waals surface area contributed by atoms with Gasteiger partial charge in [0.1, 0.15) is 0 Å².